The predicted octanol–water partition coefficient (Wildman–Crippen LogP) is 22.2. The average Bonchev–Trinajstić information content (AvgIpc) is 3.39. The van der Waals surface area contributed by atoms with Gasteiger partial charge in [0.1, 0.15) is 13.2 Å². The first kappa shape index (κ1) is 70.9. The molecule has 0 aliphatic heterocycles. The molecule has 430 valence electrons. The molecule has 0 saturated heterocycles. The van der Waals surface area contributed by atoms with Crippen LogP contribution < -0.4 is 0 Å². The van der Waals surface area contributed by atoms with Gasteiger partial charge in [0.15, 0.2) is 6.10 Å². The lowest BCUT2D eigenvalue weighted by Gasteiger charge is -2.18. The molecule has 0 saturated carbocycles. The molecule has 0 aliphatic rings. The fourth-order valence-electron chi connectivity index (χ4n) is 10.0. The van der Waals surface area contributed by atoms with Crippen LogP contribution in [0, 0.1) is 0 Å². The molecule has 73 heavy (non-hydrogen) atoms. The molecule has 0 bridgehead atoms. The minimum absolute atomic E-state index is 0.0659. The van der Waals surface area contributed by atoms with E-state index in [1.165, 1.54) is 263 Å². The Hall–Kier alpha value is -2.11. The summed E-state index contributed by atoms with van der Waals surface area (Å²) in [5, 5.41) is 0. The van der Waals surface area contributed by atoms with E-state index < -0.39 is 6.10 Å². The molecule has 0 aromatic heterocycles. The Balaban J connectivity index is 4.31. The molecule has 6 nitrogen and oxygen atoms in total. The Bertz CT molecular complexity index is 1180. The monoisotopic (exact) mass is 1030 g/mol. The van der Waals surface area contributed by atoms with Crippen molar-refractivity contribution in [3.63, 3.8) is 0 Å². The van der Waals surface area contributed by atoms with Crippen LogP contribution in [0.1, 0.15) is 367 Å². The number of ether oxygens (including phenoxy) is 3. The highest BCUT2D eigenvalue weighted by molar-refractivity contribution is 5.71. The summed E-state index contributed by atoms with van der Waals surface area (Å²) in [6.45, 7) is 6.69. The van der Waals surface area contributed by atoms with Crippen LogP contribution in [-0.2, 0) is 28.6 Å². The predicted molar refractivity (Wildman–Crippen MR) is 316 cm³/mol. The maximum Gasteiger partial charge on any atom is 0.306 e. The Kier molecular flexibility index (Phi) is 60.6. The van der Waals surface area contributed by atoms with Gasteiger partial charge in [-0.3, -0.25) is 14.4 Å². The first-order valence-electron chi connectivity index (χ1n) is 32.8. The minimum Gasteiger partial charge on any atom is -0.462 e. The van der Waals surface area contributed by atoms with Gasteiger partial charge in [-0.25, -0.2) is 0 Å². The standard InChI is InChI=1S/C67H126O6/c1-4-7-10-13-16-19-22-25-28-31-34-37-39-42-45-48-51-54-57-60-66(69)72-63-64(73-67(70)61-58-55-52-49-46-43-40-36-33-30-27-24-21-18-15-12-9-6-3)62-71-65(68)59-56-53-50-47-44-41-38-35-32-29-26-23-20-17-14-11-8-5-2/h16,19,25,28,64H,4-15,17-18,20-24,26-27,29-63H2,1-3H3/b19-16-,28-25-. The van der Waals surface area contributed by atoms with Gasteiger partial charge in [-0.15, -0.1) is 0 Å². The number of carbonyl (C=O) groups is 3. The van der Waals surface area contributed by atoms with E-state index in [4.69, 9.17) is 14.2 Å². The number of esters is 3. The van der Waals surface area contributed by atoms with Crippen molar-refractivity contribution in [2.24, 2.45) is 0 Å². The number of hydrogen-bond donors (Lipinski definition) is 0. The van der Waals surface area contributed by atoms with Crippen molar-refractivity contribution < 1.29 is 28.6 Å². The van der Waals surface area contributed by atoms with Crippen molar-refractivity contribution in [2.75, 3.05) is 13.2 Å². The number of carbonyl (C=O) groups excluding carboxylic acids is 3. The number of unbranched alkanes of at least 4 members (excludes halogenated alkanes) is 46. The Morgan fingerprint density at radius 2 is 0.493 bits per heavy atom. The SMILES string of the molecule is CCCCC/C=C\C/C=C\CCCCCCCCCCCC(=O)OCC(COC(=O)CCCCCCCCCCCCCCCCCCCC)OC(=O)CCCCCCCCCCCCCCCCCCCC. The van der Waals surface area contributed by atoms with Gasteiger partial charge >= 0.3 is 17.9 Å². The zero-order chi connectivity index (χ0) is 52.9. The van der Waals surface area contributed by atoms with Crippen LogP contribution in [0.15, 0.2) is 24.3 Å². The minimum atomic E-state index is -0.769. The summed E-state index contributed by atoms with van der Waals surface area (Å²) in [6.07, 6.45) is 74.6. The average molecular weight is 1030 g/mol. The van der Waals surface area contributed by atoms with Gasteiger partial charge in [0.05, 0.1) is 0 Å². The summed E-state index contributed by atoms with van der Waals surface area (Å²) in [5.74, 6) is -0.839. The van der Waals surface area contributed by atoms with Crippen LogP contribution in [0.3, 0.4) is 0 Å². The lowest BCUT2D eigenvalue weighted by atomic mass is 10.0. The van der Waals surface area contributed by atoms with Gasteiger partial charge in [0.25, 0.3) is 0 Å². The van der Waals surface area contributed by atoms with E-state index in [0.717, 1.165) is 64.2 Å². The van der Waals surface area contributed by atoms with Gasteiger partial charge < -0.3 is 14.2 Å². The van der Waals surface area contributed by atoms with E-state index in [2.05, 4.69) is 45.1 Å². The topological polar surface area (TPSA) is 78.9 Å². The second-order valence-electron chi connectivity index (χ2n) is 22.4. The molecule has 6 heteroatoms. The summed E-state index contributed by atoms with van der Waals surface area (Å²) in [6, 6.07) is 0. The maximum atomic E-state index is 12.9. The molecular formula is C67H126O6. The highest BCUT2D eigenvalue weighted by Gasteiger charge is 2.19. The quantitative estimate of drug-likeness (QED) is 0.0261. The Labute approximate surface area is 455 Å². The van der Waals surface area contributed by atoms with Crippen molar-refractivity contribution in [1.82, 2.24) is 0 Å². The van der Waals surface area contributed by atoms with Gasteiger partial charge in [0, 0.05) is 19.3 Å². The lowest BCUT2D eigenvalue weighted by molar-refractivity contribution is -0.167. The molecule has 1 atom stereocenters. The van der Waals surface area contributed by atoms with Crippen LogP contribution in [0.5, 0.6) is 0 Å². The van der Waals surface area contributed by atoms with E-state index in [1.54, 1.807) is 0 Å². The van der Waals surface area contributed by atoms with Crippen LogP contribution in [-0.4, -0.2) is 37.2 Å². The smallest absolute Gasteiger partial charge is 0.306 e. The molecule has 1 unspecified atom stereocenters. The number of allylic oxidation sites excluding steroid dienone is 4. The molecule has 0 aromatic carbocycles. The van der Waals surface area contributed by atoms with Crippen LogP contribution in [0.25, 0.3) is 0 Å². The highest BCUT2D eigenvalue weighted by atomic mass is 16.6. The zero-order valence-electron chi connectivity index (χ0n) is 49.4. The van der Waals surface area contributed by atoms with Crippen LogP contribution in [0.4, 0.5) is 0 Å². The first-order chi connectivity index (χ1) is 36.0. The summed E-state index contributed by atoms with van der Waals surface area (Å²) >= 11 is 0. The van der Waals surface area contributed by atoms with Crippen molar-refractivity contribution in [3.05, 3.63) is 24.3 Å². The number of rotatable bonds is 61. The van der Waals surface area contributed by atoms with E-state index in [9.17, 15) is 14.4 Å². The van der Waals surface area contributed by atoms with Crippen molar-refractivity contribution in [2.45, 2.75) is 374 Å². The van der Waals surface area contributed by atoms with E-state index in [-0.39, 0.29) is 31.1 Å². The second-order valence-corrected chi connectivity index (χ2v) is 22.4. The fraction of sp³-hybridized carbons (Fsp3) is 0.896. The summed E-state index contributed by atoms with van der Waals surface area (Å²) < 4.78 is 17.0. The Morgan fingerprint density at radius 1 is 0.274 bits per heavy atom. The van der Waals surface area contributed by atoms with Gasteiger partial charge in [-0.2, -0.15) is 0 Å². The zero-order valence-corrected chi connectivity index (χ0v) is 49.4. The largest absolute Gasteiger partial charge is 0.462 e. The van der Waals surface area contributed by atoms with E-state index in [0.29, 0.717) is 19.3 Å². The second kappa shape index (κ2) is 62.4. The maximum absolute atomic E-state index is 12.9. The third kappa shape index (κ3) is 60.6. The van der Waals surface area contributed by atoms with Crippen LogP contribution >= 0.6 is 0 Å². The van der Waals surface area contributed by atoms with Gasteiger partial charge in [-0.1, -0.05) is 321 Å². The normalized spacial score (nSPS) is 12.1. The van der Waals surface area contributed by atoms with Gasteiger partial charge in [-0.05, 0) is 51.4 Å². The molecule has 0 rings (SSSR count). The van der Waals surface area contributed by atoms with Crippen molar-refractivity contribution >= 4 is 17.9 Å². The Morgan fingerprint density at radius 3 is 0.781 bits per heavy atom. The van der Waals surface area contributed by atoms with Crippen LogP contribution in [0.2, 0.25) is 0 Å². The molecule has 0 aliphatic carbocycles. The molecule has 0 spiro atoms. The van der Waals surface area contributed by atoms with E-state index in [1.807, 2.05) is 0 Å². The molecule has 0 heterocycles. The summed E-state index contributed by atoms with van der Waals surface area (Å²) in [7, 11) is 0. The third-order valence-electron chi connectivity index (χ3n) is 15.0. The molecular weight excluding hydrogens is 901 g/mol. The van der Waals surface area contributed by atoms with Gasteiger partial charge in [0.2, 0.25) is 0 Å². The van der Waals surface area contributed by atoms with Crippen molar-refractivity contribution in [1.29, 1.82) is 0 Å². The molecule has 0 N–H and O–H groups in total. The molecule has 0 radical (unpaired) electrons. The molecule has 0 fully saturated rings. The van der Waals surface area contributed by atoms with E-state index >= 15 is 0 Å². The summed E-state index contributed by atoms with van der Waals surface area (Å²) in [4.78, 5) is 38.4. The third-order valence-corrected chi connectivity index (χ3v) is 15.0. The highest BCUT2D eigenvalue weighted by Crippen LogP contribution is 2.18. The van der Waals surface area contributed by atoms with Crippen molar-refractivity contribution in [3.8, 4) is 0 Å². The number of hydrogen-bond acceptors (Lipinski definition) is 6. The molecule has 0 amide bonds. The first-order valence-corrected chi connectivity index (χ1v) is 32.8. The molecule has 0 aromatic rings. The fourth-order valence-corrected chi connectivity index (χ4v) is 10.0. The lowest BCUT2D eigenvalue weighted by Crippen LogP contribution is -2.30. The summed E-state index contributed by atoms with van der Waals surface area (Å²) in [5.41, 5.74) is 0.